The second-order valence-corrected chi connectivity index (χ2v) is 18.7. The number of aliphatic carboxylic acids is 1. The molecule has 2 aromatic carbocycles. The predicted octanol–water partition coefficient (Wildman–Crippen LogP) is -4.59. The monoisotopic (exact) mass is 1110 g/mol. The molecule has 0 saturated heterocycles. The first-order valence-corrected chi connectivity index (χ1v) is 25.2. The minimum absolute atomic E-state index is 0.0429. The Bertz CT molecular complexity index is 2340. The van der Waals surface area contributed by atoms with Gasteiger partial charge >= 0.3 is 5.97 Å². The number of nitrogens with zero attached hydrogens (tertiary/aromatic N) is 1. The van der Waals surface area contributed by atoms with E-state index in [2.05, 4.69) is 72.8 Å². The minimum atomic E-state index is -1.81. The molecule has 0 spiro atoms. The van der Waals surface area contributed by atoms with Crippen molar-refractivity contribution in [3.05, 3.63) is 59.7 Å². The number of carbonyl (C=O) groups is 10. The van der Waals surface area contributed by atoms with Crippen LogP contribution in [-0.2, 0) is 60.8 Å². The van der Waals surface area contributed by atoms with Gasteiger partial charge < -0.3 is 85.9 Å². The molecule has 0 aromatic heterocycles. The highest BCUT2D eigenvalue weighted by Gasteiger charge is 2.35. The summed E-state index contributed by atoms with van der Waals surface area (Å²) in [4.78, 5) is 136. The second-order valence-electron chi connectivity index (χ2n) is 18.0. The van der Waals surface area contributed by atoms with Gasteiger partial charge in [-0.1, -0.05) is 38.1 Å². The van der Waals surface area contributed by atoms with E-state index < -0.39 is 120 Å². The molecule has 9 atom stereocenters. The Labute approximate surface area is 449 Å². The van der Waals surface area contributed by atoms with Crippen molar-refractivity contribution < 1.29 is 68.4 Å². The highest BCUT2D eigenvalue weighted by molar-refractivity contribution is 7.80. The van der Waals surface area contributed by atoms with Gasteiger partial charge in [-0.3, -0.25) is 48.1 Å². The Balaban J connectivity index is 2.43. The molecule has 9 unspecified atom stereocenters. The number of thiol groups is 2. The van der Waals surface area contributed by atoms with Crippen LogP contribution >= 0.6 is 25.3 Å². The lowest BCUT2D eigenvalue weighted by Gasteiger charge is -2.28. The third kappa shape index (κ3) is 23.9. The molecule has 0 saturated carbocycles. The lowest BCUT2D eigenvalue weighted by atomic mass is 10.0. The van der Waals surface area contributed by atoms with Crippen molar-refractivity contribution >= 4 is 90.4 Å². The predicted molar refractivity (Wildman–Crippen MR) is 283 cm³/mol. The molecule has 2 aromatic rings. The summed E-state index contributed by atoms with van der Waals surface area (Å²) in [7, 11) is 0. The molecule has 0 fully saturated rings. The number of aromatic hydroxyl groups is 2. The van der Waals surface area contributed by atoms with E-state index in [1.165, 1.54) is 48.5 Å². The maximum Gasteiger partial charge on any atom is 0.327 e. The number of phenols is 2. The van der Waals surface area contributed by atoms with Crippen LogP contribution in [0.2, 0.25) is 0 Å². The van der Waals surface area contributed by atoms with Crippen LogP contribution < -0.4 is 65.5 Å². The van der Waals surface area contributed by atoms with Crippen molar-refractivity contribution in [3.63, 3.8) is 0 Å². The first kappa shape index (κ1) is 64.7. The Morgan fingerprint density at radius 1 is 0.579 bits per heavy atom. The topological polar surface area (TPSA) is 464 Å². The molecule has 0 radical (unpaired) electrons. The van der Waals surface area contributed by atoms with Gasteiger partial charge in [0.2, 0.25) is 53.2 Å². The molecule has 2 rings (SSSR count). The number of amides is 9. The van der Waals surface area contributed by atoms with Crippen LogP contribution in [0.1, 0.15) is 64.0 Å². The lowest BCUT2D eigenvalue weighted by Crippen LogP contribution is -2.61. The van der Waals surface area contributed by atoms with Gasteiger partial charge in [0.05, 0.1) is 18.7 Å². The van der Waals surface area contributed by atoms with E-state index in [-0.39, 0.29) is 86.4 Å². The van der Waals surface area contributed by atoms with Crippen molar-refractivity contribution in [1.82, 2.24) is 42.5 Å². The van der Waals surface area contributed by atoms with Crippen molar-refractivity contribution in [2.24, 2.45) is 33.8 Å². The number of aliphatic imine (C=N–C) groups is 1. The van der Waals surface area contributed by atoms with Gasteiger partial charge in [-0.15, -0.1) is 0 Å². The van der Waals surface area contributed by atoms with E-state index in [4.69, 9.17) is 22.9 Å². The fourth-order valence-corrected chi connectivity index (χ4v) is 7.42. The second kappa shape index (κ2) is 32.8. The molecule has 0 aliphatic heterocycles. The average Bonchev–Trinajstić information content (AvgIpc) is 3.35. The van der Waals surface area contributed by atoms with E-state index in [0.717, 1.165) is 6.92 Å². The van der Waals surface area contributed by atoms with Gasteiger partial charge in [-0.2, -0.15) is 25.3 Å². The number of carboxylic acid groups (broad SMARTS) is 1. The first-order valence-electron chi connectivity index (χ1n) is 23.9. The summed E-state index contributed by atoms with van der Waals surface area (Å²) in [5, 5.41) is 59.6. The summed E-state index contributed by atoms with van der Waals surface area (Å²) in [6, 6.07) is -0.490. The molecule has 0 aliphatic carbocycles. The van der Waals surface area contributed by atoms with Gasteiger partial charge in [-0.25, -0.2) is 4.79 Å². The molecule has 76 heavy (non-hydrogen) atoms. The van der Waals surface area contributed by atoms with Gasteiger partial charge in [-0.05, 0) is 73.9 Å². The molecular weight excluding hydrogens is 1030 g/mol. The van der Waals surface area contributed by atoms with Crippen LogP contribution in [0.4, 0.5) is 0 Å². The lowest BCUT2D eigenvalue weighted by molar-refractivity contribution is -0.141. The number of nitrogens with two attached hydrogens (primary N) is 4. The van der Waals surface area contributed by atoms with Crippen molar-refractivity contribution in [3.8, 4) is 11.5 Å². The Hall–Kier alpha value is -7.37. The maximum atomic E-state index is 14.3. The van der Waals surface area contributed by atoms with E-state index in [0.29, 0.717) is 11.1 Å². The third-order valence-corrected chi connectivity index (χ3v) is 11.8. The summed E-state index contributed by atoms with van der Waals surface area (Å²) in [6.45, 7) is 3.85. The number of rotatable bonds is 33. The number of primary amides is 1. The molecule has 27 nitrogen and oxygen atoms in total. The summed E-state index contributed by atoms with van der Waals surface area (Å²) >= 11 is 7.95. The zero-order valence-corrected chi connectivity index (χ0v) is 44.0. The number of aliphatic hydroxyl groups excluding tert-OH is 1. The summed E-state index contributed by atoms with van der Waals surface area (Å²) in [6.07, 6.45) is -2.81. The van der Waals surface area contributed by atoms with Crippen LogP contribution in [0.15, 0.2) is 53.5 Å². The van der Waals surface area contributed by atoms with Crippen LogP contribution in [0.3, 0.4) is 0 Å². The summed E-state index contributed by atoms with van der Waals surface area (Å²) in [5.74, 6) is -10.7. The number of hydrogen-bond donors (Lipinski definition) is 18. The van der Waals surface area contributed by atoms with E-state index in [1.807, 2.05) is 0 Å². The number of carbonyl (C=O) groups excluding carboxylic acids is 9. The van der Waals surface area contributed by atoms with Crippen molar-refractivity contribution in [1.29, 1.82) is 0 Å². The Morgan fingerprint density at radius 2 is 1.04 bits per heavy atom. The Kier molecular flexibility index (Phi) is 28.0. The minimum Gasteiger partial charge on any atom is -0.508 e. The molecule has 0 bridgehead atoms. The SMILES string of the molecule is CC(C)CC(NC(=O)C(CCC(N)=O)NC(=O)C(N)CS)C(=O)NCC(=O)NC(Cc1ccc(O)cc1)C(=O)NC(CCCN=C(N)N)C(=O)NC(C(=O)NC(Cc1ccc(O)cc1)C(=O)NC(CS)C(=O)O)C(C)O. The Morgan fingerprint density at radius 3 is 1.51 bits per heavy atom. The van der Waals surface area contributed by atoms with Gasteiger partial charge in [0.1, 0.15) is 53.8 Å². The molecule has 20 N–H and O–H groups in total. The number of nitrogens with one attached hydrogen (secondary N) is 8. The van der Waals surface area contributed by atoms with Gasteiger partial charge in [0.25, 0.3) is 0 Å². The number of benzene rings is 2. The number of carboxylic acids is 1. The summed E-state index contributed by atoms with van der Waals surface area (Å²) in [5.41, 5.74) is 22.8. The van der Waals surface area contributed by atoms with E-state index >= 15 is 0 Å². The number of hydrogen-bond acceptors (Lipinski definition) is 17. The highest BCUT2D eigenvalue weighted by Crippen LogP contribution is 2.15. The number of guanidine groups is 1. The van der Waals surface area contributed by atoms with E-state index in [9.17, 15) is 68.4 Å². The van der Waals surface area contributed by atoms with Crippen LogP contribution in [0.5, 0.6) is 11.5 Å². The fraction of sp³-hybridized carbons (Fsp3) is 0.511. The van der Waals surface area contributed by atoms with Crippen LogP contribution in [0, 0.1) is 5.92 Å². The smallest absolute Gasteiger partial charge is 0.327 e. The van der Waals surface area contributed by atoms with Gasteiger partial charge in [0.15, 0.2) is 5.96 Å². The average molecular weight is 1110 g/mol. The van der Waals surface area contributed by atoms with Crippen LogP contribution in [-0.4, -0.2) is 165 Å². The van der Waals surface area contributed by atoms with Gasteiger partial charge in [0, 0.05) is 37.3 Å². The van der Waals surface area contributed by atoms with Crippen molar-refractivity contribution in [2.75, 3.05) is 24.6 Å². The van der Waals surface area contributed by atoms with Crippen molar-refractivity contribution in [2.45, 2.75) is 120 Å². The molecule has 0 aliphatic rings. The maximum absolute atomic E-state index is 14.3. The number of phenolic OH excluding ortho intramolecular Hbond substituents is 2. The molecule has 9 amide bonds. The number of aliphatic hydroxyl groups is 1. The zero-order valence-electron chi connectivity index (χ0n) is 42.2. The largest absolute Gasteiger partial charge is 0.508 e. The third-order valence-electron chi connectivity index (χ3n) is 11.1. The van der Waals surface area contributed by atoms with Crippen LogP contribution in [0.25, 0.3) is 0 Å². The summed E-state index contributed by atoms with van der Waals surface area (Å²) < 4.78 is 0. The normalized spacial score (nSPS) is 14.5. The zero-order chi connectivity index (χ0) is 57.2. The molecule has 0 heterocycles. The molecular formula is C47H71N13O14S2. The first-order chi connectivity index (χ1) is 35.7. The highest BCUT2D eigenvalue weighted by atomic mass is 32.1. The van der Waals surface area contributed by atoms with E-state index in [1.54, 1.807) is 13.8 Å². The molecule has 420 valence electrons. The standard InChI is InChI=1S/C47H71N13O14S2/c1-23(2)17-32(57-41(68)31(14-15-36(49)64)55-39(66)29(48)21-75)40(67)53-20-37(65)54-33(18-25-6-10-27(62)11-7-25)43(70)56-30(5-4-16-52-47(50)51)42(69)60-38(24(3)61)45(72)58-34(19-26-8-12-28(63)13-9-26)44(71)59-35(22-76)46(73)74/h6-13,23-24,29-35,38,61-63,75-76H,4-5,14-22,48H2,1-3H3,(H2,49,64)(H,53,67)(H,54,65)(H,55,66)(H,56,70)(H,57,68)(H,58,72)(H,59,71)(H,60,69)(H,73,74)(H4,50,51,52). The fourth-order valence-electron chi connectivity index (χ4n) is 7.01. The molecule has 29 heteroatoms. The quantitative estimate of drug-likeness (QED) is 0.0138.